The van der Waals surface area contributed by atoms with Crippen LogP contribution < -0.4 is 5.06 Å². The van der Waals surface area contributed by atoms with Crippen LogP contribution in [0.3, 0.4) is 0 Å². The Morgan fingerprint density at radius 1 is 0.500 bits per heavy atom. The fraction of sp³-hybridized carbons (Fsp3) is 1.00. The van der Waals surface area contributed by atoms with E-state index < -0.39 is 0 Å². The van der Waals surface area contributed by atoms with Crippen molar-refractivity contribution in [3.05, 3.63) is 5.21 Å². The summed E-state index contributed by atoms with van der Waals surface area (Å²) in [7, 11) is 0. The summed E-state index contributed by atoms with van der Waals surface area (Å²) in [5, 5.41) is 12.2. The summed E-state index contributed by atoms with van der Waals surface area (Å²) >= 11 is 0. The maximum atomic E-state index is 11.7. The van der Waals surface area contributed by atoms with Crippen LogP contribution in [-0.4, -0.2) is 13.1 Å². The first kappa shape index (κ1) is 19.9. The van der Waals surface area contributed by atoms with Gasteiger partial charge < -0.3 is 10.3 Å². The summed E-state index contributed by atoms with van der Waals surface area (Å²) in [5.74, 6) is 0. The second-order valence-corrected chi connectivity index (χ2v) is 6.28. The second-order valence-electron chi connectivity index (χ2n) is 6.28. The van der Waals surface area contributed by atoms with E-state index in [4.69, 9.17) is 0 Å². The van der Waals surface area contributed by atoms with Crippen LogP contribution in [0.2, 0.25) is 0 Å². The zero-order valence-corrected chi connectivity index (χ0v) is 14.2. The van der Waals surface area contributed by atoms with Crippen LogP contribution in [0.5, 0.6) is 0 Å². The predicted octanol–water partition coefficient (Wildman–Crippen LogP) is 4.87. The first-order chi connectivity index (χ1) is 9.81. The van der Waals surface area contributed by atoms with Gasteiger partial charge in [0.1, 0.15) is 0 Å². The standard InChI is InChI=1S/C18H39NO/c1-3-5-7-9-11-13-15-17-19(20)18-16-14-12-10-8-6-4-2/h19H,3-18H2,1-2H3. The van der Waals surface area contributed by atoms with Gasteiger partial charge in [-0.1, -0.05) is 78.1 Å². The number of nitrogens with one attached hydrogen (secondary N) is 1. The molecule has 0 aromatic carbocycles. The topological polar surface area (TPSA) is 27.5 Å². The fourth-order valence-electron chi connectivity index (χ4n) is 2.68. The van der Waals surface area contributed by atoms with E-state index in [0.717, 1.165) is 25.9 Å². The van der Waals surface area contributed by atoms with Crippen molar-refractivity contribution < 1.29 is 5.06 Å². The van der Waals surface area contributed by atoms with Gasteiger partial charge in [0.15, 0.2) is 0 Å². The van der Waals surface area contributed by atoms with Crippen molar-refractivity contribution in [2.24, 2.45) is 0 Å². The molecule has 2 heteroatoms. The molecule has 0 aliphatic carbocycles. The van der Waals surface area contributed by atoms with Crippen molar-refractivity contribution in [1.82, 2.24) is 0 Å². The normalized spacial score (nSPS) is 11.4. The zero-order chi connectivity index (χ0) is 14.9. The van der Waals surface area contributed by atoms with Crippen LogP contribution in [0, 0.1) is 5.21 Å². The molecule has 0 saturated heterocycles. The van der Waals surface area contributed by atoms with Crippen LogP contribution in [0.25, 0.3) is 0 Å². The lowest BCUT2D eigenvalue weighted by molar-refractivity contribution is -0.848. The van der Waals surface area contributed by atoms with E-state index >= 15 is 0 Å². The van der Waals surface area contributed by atoms with Crippen molar-refractivity contribution >= 4 is 0 Å². The molecular weight excluding hydrogens is 246 g/mol. The minimum atomic E-state index is 0.507. The van der Waals surface area contributed by atoms with Gasteiger partial charge in [-0.05, 0) is 25.7 Å². The molecule has 0 aromatic rings. The number of hydroxylamine groups is 2. The summed E-state index contributed by atoms with van der Waals surface area (Å²) in [6.07, 6.45) is 18.3. The Hall–Kier alpha value is -0.0800. The van der Waals surface area contributed by atoms with Crippen molar-refractivity contribution in [3.8, 4) is 0 Å². The molecule has 0 aromatic heterocycles. The molecule has 2 nitrogen and oxygen atoms in total. The minimum Gasteiger partial charge on any atom is -0.634 e. The second kappa shape index (κ2) is 17.0. The average Bonchev–Trinajstić information content (AvgIpc) is 2.45. The van der Waals surface area contributed by atoms with Crippen LogP contribution >= 0.6 is 0 Å². The van der Waals surface area contributed by atoms with Gasteiger partial charge in [0.2, 0.25) is 0 Å². The molecule has 1 N–H and O–H groups in total. The minimum absolute atomic E-state index is 0.507. The Morgan fingerprint density at radius 3 is 1.15 bits per heavy atom. The van der Waals surface area contributed by atoms with E-state index in [-0.39, 0.29) is 0 Å². The van der Waals surface area contributed by atoms with Crippen LogP contribution in [0.1, 0.15) is 104 Å². The maximum absolute atomic E-state index is 11.7. The Balaban J connectivity index is 3.11. The van der Waals surface area contributed by atoms with Gasteiger partial charge in [-0.2, -0.15) is 0 Å². The molecule has 0 rings (SSSR count). The molecule has 0 aliphatic heterocycles. The Labute approximate surface area is 127 Å². The highest BCUT2D eigenvalue weighted by Crippen LogP contribution is 2.07. The van der Waals surface area contributed by atoms with Gasteiger partial charge in [-0.3, -0.25) is 0 Å². The van der Waals surface area contributed by atoms with Gasteiger partial charge in [0, 0.05) is 0 Å². The van der Waals surface area contributed by atoms with Crippen LogP contribution in [-0.2, 0) is 0 Å². The first-order valence-corrected chi connectivity index (χ1v) is 9.33. The Morgan fingerprint density at radius 2 is 0.800 bits per heavy atom. The van der Waals surface area contributed by atoms with Crippen molar-refractivity contribution in [3.63, 3.8) is 0 Å². The number of quaternary nitrogens is 1. The number of hydrogen-bond acceptors (Lipinski definition) is 1. The van der Waals surface area contributed by atoms with E-state index in [9.17, 15) is 5.21 Å². The van der Waals surface area contributed by atoms with E-state index in [0.29, 0.717) is 5.06 Å². The third kappa shape index (κ3) is 16.0. The highest BCUT2D eigenvalue weighted by molar-refractivity contribution is 4.46. The summed E-state index contributed by atoms with van der Waals surface area (Å²) in [6, 6.07) is 0. The molecule has 0 amide bonds. The van der Waals surface area contributed by atoms with Crippen molar-refractivity contribution in [1.29, 1.82) is 0 Å². The van der Waals surface area contributed by atoms with Gasteiger partial charge >= 0.3 is 0 Å². The van der Waals surface area contributed by atoms with Gasteiger partial charge in [0.05, 0.1) is 13.1 Å². The lowest BCUT2D eigenvalue weighted by Crippen LogP contribution is -3.07. The Bertz CT molecular complexity index is 155. The highest BCUT2D eigenvalue weighted by Gasteiger charge is 1.98. The summed E-state index contributed by atoms with van der Waals surface area (Å²) < 4.78 is 0. The predicted molar refractivity (Wildman–Crippen MR) is 90.0 cm³/mol. The van der Waals surface area contributed by atoms with Crippen LogP contribution in [0.4, 0.5) is 0 Å². The third-order valence-electron chi connectivity index (χ3n) is 4.12. The lowest BCUT2D eigenvalue weighted by atomic mass is 10.1. The molecule has 0 heterocycles. The number of hydrogen-bond donors (Lipinski definition) is 1. The maximum Gasteiger partial charge on any atom is 0.0768 e. The molecule has 0 saturated carbocycles. The van der Waals surface area contributed by atoms with E-state index in [1.165, 1.54) is 77.0 Å². The molecule has 0 fully saturated rings. The molecule has 0 unspecified atom stereocenters. The molecule has 0 atom stereocenters. The number of unbranched alkanes of at least 4 members (excludes halogenated alkanes) is 12. The molecule has 20 heavy (non-hydrogen) atoms. The number of rotatable bonds is 16. The zero-order valence-electron chi connectivity index (χ0n) is 14.2. The summed E-state index contributed by atoms with van der Waals surface area (Å²) in [5.41, 5.74) is 0. The van der Waals surface area contributed by atoms with Crippen molar-refractivity contribution in [2.75, 3.05) is 13.1 Å². The van der Waals surface area contributed by atoms with E-state index in [1.54, 1.807) is 0 Å². The van der Waals surface area contributed by atoms with Gasteiger partial charge in [0.25, 0.3) is 0 Å². The average molecular weight is 286 g/mol. The van der Waals surface area contributed by atoms with Crippen LogP contribution in [0.15, 0.2) is 0 Å². The fourth-order valence-corrected chi connectivity index (χ4v) is 2.68. The third-order valence-corrected chi connectivity index (χ3v) is 4.12. The smallest absolute Gasteiger partial charge is 0.0768 e. The molecule has 0 aliphatic rings. The molecule has 122 valence electrons. The highest BCUT2D eigenvalue weighted by atomic mass is 16.5. The summed E-state index contributed by atoms with van der Waals surface area (Å²) in [4.78, 5) is 0. The molecule has 0 bridgehead atoms. The molecular formula is C18H39NO. The van der Waals surface area contributed by atoms with Crippen molar-refractivity contribution in [2.45, 2.75) is 104 Å². The summed E-state index contributed by atoms with van der Waals surface area (Å²) in [6.45, 7) is 6.18. The van der Waals surface area contributed by atoms with Gasteiger partial charge in [-0.25, -0.2) is 0 Å². The SMILES string of the molecule is CCCCCCCCC[NH+]([O-])CCCCCCCCC. The molecule has 0 spiro atoms. The largest absolute Gasteiger partial charge is 0.634 e. The van der Waals surface area contributed by atoms with Gasteiger partial charge in [-0.15, -0.1) is 0 Å². The Kier molecular flexibility index (Phi) is 16.9. The lowest BCUT2D eigenvalue weighted by Gasteiger charge is -2.22. The van der Waals surface area contributed by atoms with E-state index in [1.807, 2.05) is 0 Å². The first-order valence-electron chi connectivity index (χ1n) is 9.33. The quantitative estimate of drug-likeness (QED) is 0.318. The monoisotopic (exact) mass is 285 g/mol. The van der Waals surface area contributed by atoms with E-state index in [2.05, 4.69) is 13.8 Å². The molecule has 0 radical (unpaired) electrons.